The summed E-state index contributed by atoms with van der Waals surface area (Å²) in [4.78, 5) is 30.5. The monoisotopic (exact) mass is 457 g/mol. The van der Waals surface area contributed by atoms with E-state index < -0.39 is 23.8 Å². The molecule has 28 heavy (non-hydrogen) atoms. The average molecular weight is 458 g/mol. The van der Waals surface area contributed by atoms with E-state index in [1.807, 2.05) is 43.5 Å². The van der Waals surface area contributed by atoms with Crippen molar-refractivity contribution < 1.29 is 24.2 Å². The van der Waals surface area contributed by atoms with Gasteiger partial charge in [0, 0.05) is 38.2 Å². The molecule has 0 aliphatic carbocycles. The topological polar surface area (TPSA) is 93.9 Å². The van der Waals surface area contributed by atoms with Crippen molar-refractivity contribution in [2.75, 3.05) is 6.61 Å². The maximum atomic E-state index is 12.9. The van der Waals surface area contributed by atoms with Gasteiger partial charge in [0.25, 0.3) is 0 Å². The van der Waals surface area contributed by atoms with Crippen molar-refractivity contribution in [2.24, 2.45) is 7.05 Å². The fourth-order valence-electron chi connectivity index (χ4n) is 4.44. The highest BCUT2D eigenvalue weighted by Crippen LogP contribution is 2.47. The number of amides is 1. The number of nitrogens with zero attached hydrogens (tertiary/aromatic N) is 3. The highest BCUT2D eigenvalue weighted by molar-refractivity contribution is 9.10. The zero-order chi connectivity index (χ0) is 20.7. The van der Waals surface area contributed by atoms with Crippen molar-refractivity contribution in [2.45, 2.75) is 76.2 Å². The number of carboxylic acids is 1. The lowest BCUT2D eigenvalue weighted by Gasteiger charge is -2.52. The van der Waals surface area contributed by atoms with Gasteiger partial charge in [-0.05, 0) is 56.0 Å². The summed E-state index contributed by atoms with van der Waals surface area (Å²) < 4.78 is 14.2. The van der Waals surface area contributed by atoms with Gasteiger partial charge in [0.1, 0.15) is 28.2 Å². The van der Waals surface area contributed by atoms with Crippen LogP contribution in [0.25, 0.3) is 0 Å². The number of carboxylic acid groups (broad SMARTS) is 1. The van der Waals surface area contributed by atoms with E-state index in [0.717, 1.165) is 19.3 Å². The molecule has 2 bridgehead atoms. The Morgan fingerprint density at radius 2 is 1.93 bits per heavy atom. The van der Waals surface area contributed by atoms with Gasteiger partial charge in [-0.25, -0.2) is 14.6 Å². The summed E-state index contributed by atoms with van der Waals surface area (Å²) in [6.45, 7) is 5.17. The fraction of sp³-hybridized carbons (Fsp3) is 0.737. The van der Waals surface area contributed by atoms with Crippen molar-refractivity contribution >= 4 is 28.0 Å². The largest absolute Gasteiger partial charge is 0.480 e. The predicted molar refractivity (Wildman–Crippen MR) is 105 cm³/mol. The standard InChI is InChI=1S/C19H28BrN3O5/c1-18(2,3)28-17(26)23-12-6-5-7-13(23)9-19(8-12,27-11-15(24)25)16-21-14(20)10-22(16)4/h10,12-13H,5-9,11H2,1-4H3,(H,24,25). The summed E-state index contributed by atoms with van der Waals surface area (Å²) in [5, 5.41) is 9.20. The molecule has 2 atom stereocenters. The maximum absolute atomic E-state index is 12.9. The smallest absolute Gasteiger partial charge is 0.410 e. The molecule has 1 N–H and O–H groups in total. The van der Waals surface area contributed by atoms with E-state index in [4.69, 9.17) is 9.47 Å². The molecule has 0 spiro atoms. The Balaban J connectivity index is 1.93. The zero-order valence-corrected chi connectivity index (χ0v) is 18.4. The van der Waals surface area contributed by atoms with Crippen LogP contribution in [0.3, 0.4) is 0 Å². The molecule has 2 saturated heterocycles. The maximum Gasteiger partial charge on any atom is 0.410 e. The average Bonchev–Trinajstić information content (AvgIpc) is 2.89. The van der Waals surface area contributed by atoms with E-state index in [0.29, 0.717) is 23.3 Å². The number of piperidine rings is 2. The molecule has 1 amide bonds. The Bertz CT molecular complexity index is 743. The van der Waals surface area contributed by atoms with E-state index in [-0.39, 0.29) is 18.2 Å². The Labute approximate surface area is 173 Å². The number of aromatic nitrogens is 2. The molecule has 2 aliphatic rings. The minimum Gasteiger partial charge on any atom is -0.480 e. The summed E-state index contributed by atoms with van der Waals surface area (Å²) in [6.07, 6.45) is 5.19. The van der Waals surface area contributed by atoms with Crippen molar-refractivity contribution in [3.63, 3.8) is 0 Å². The second-order valence-electron chi connectivity index (χ2n) is 8.71. The number of ether oxygens (including phenoxy) is 2. The Hall–Kier alpha value is -1.61. The number of imidazole rings is 1. The van der Waals surface area contributed by atoms with Crippen molar-refractivity contribution in [1.82, 2.24) is 14.5 Å². The lowest BCUT2D eigenvalue weighted by atomic mass is 9.75. The van der Waals surface area contributed by atoms with Gasteiger partial charge in [0.2, 0.25) is 0 Å². The van der Waals surface area contributed by atoms with Gasteiger partial charge in [-0.15, -0.1) is 0 Å². The first-order valence-corrected chi connectivity index (χ1v) is 10.4. The molecule has 0 radical (unpaired) electrons. The third kappa shape index (κ3) is 4.35. The van der Waals surface area contributed by atoms with Gasteiger partial charge < -0.3 is 24.0 Å². The molecule has 8 nitrogen and oxygen atoms in total. The van der Waals surface area contributed by atoms with Crippen molar-refractivity contribution in [1.29, 1.82) is 0 Å². The van der Waals surface area contributed by atoms with Crippen LogP contribution in [-0.4, -0.2) is 55.9 Å². The molecule has 0 aromatic carbocycles. The van der Waals surface area contributed by atoms with Crippen LogP contribution in [0.1, 0.15) is 58.7 Å². The first kappa shape index (κ1) is 21.1. The normalized spacial score (nSPS) is 27.5. The molecule has 156 valence electrons. The number of carbonyl (C=O) groups is 2. The number of hydrogen-bond acceptors (Lipinski definition) is 5. The van der Waals surface area contributed by atoms with Gasteiger partial charge >= 0.3 is 12.1 Å². The number of carbonyl (C=O) groups excluding carboxylic acids is 1. The molecular weight excluding hydrogens is 430 g/mol. The second-order valence-corrected chi connectivity index (χ2v) is 9.52. The zero-order valence-electron chi connectivity index (χ0n) is 16.8. The van der Waals surface area contributed by atoms with Crippen LogP contribution in [0.2, 0.25) is 0 Å². The van der Waals surface area contributed by atoms with Gasteiger partial charge in [-0.3, -0.25) is 0 Å². The first-order valence-electron chi connectivity index (χ1n) is 9.57. The van der Waals surface area contributed by atoms with E-state index in [1.54, 1.807) is 0 Å². The molecule has 3 heterocycles. The third-order valence-electron chi connectivity index (χ3n) is 5.32. The molecule has 1 aromatic heterocycles. The SMILES string of the molecule is Cn1cc(Br)nc1C1(OCC(=O)O)CC2CCCC(C1)N2C(=O)OC(C)(C)C. The summed E-state index contributed by atoms with van der Waals surface area (Å²) >= 11 is 3.39. The van der Waals surface area contributed by atoms with E-state index >= 15 is 0 Å². The summed E-state index contributed by atoms with van der Waals surface area (Å²) in [7, 11) is 1.87. The van der Waals surface area contributed by atoms with Gasteiger partial charge in [-0.1, -0.05) is 0 Å². The van der Waals surface area contributed by atoms with Gasteiger partial charge in [0.15, 0.2) is 0 Å². The summed E-state index contributed by atoms with van der Waals surface area (Å²) in [6, 6.07) is -0.154. The van der Waals surface area contributed by atoms with Crippen molar-refractivity contribution in [3.05, 3.63) is 16.6 Å². The summed E-state index contributed by atoms with van der Waals surface area (Å²) in [5.74, 6) is -0.339. The molecular formula is C19H28BrN3O5. The number of fused-ring (bicyclic) bond motifs is 2. The lowest BCUT2D eigenvalue weighted by Crippen LogP contribution is -2.60. The van der Waals surface area contributed by atoms with Crippen molar-refractivity contribution in [3.8, 4) is 0 Å². The molecule has 2 unspecified atom stereocenters. The number of rotatable bonds is 4. The quantitative estimate of drug-likeness (QED) is 0.743. The van der Waals surface area contributed by atoms with Crippen LogP contribution in [-0.2, 0) is 26.9 Å². The molecule has 2 fully saturated rings. The minimum atomic E-state index is -1.02. The van der Waals surface area contributed by atoms with Gasteiger partial charge in [-0.2, -0.15) is 0 Å². The second kappa shape index (κ2) is 7.67. The van der Waals surface area contributed by atoms with E-state index in [2.05, 4.69) is 20.9 Å². The predicted octanol–water partition coefficient (Wildman–Crippen LogP) is 3.43. The molecule has 3 rings (SSSR count). The number of aliphatic carboxylic acids is 1. The molecule has 1 aromatic rings. The third-order valence-corrected chi connectivity index (χ3v) is 5.71. The van der Waals surface area contributed by atoms with Crippen LogP contribution < -0.4 is 0 Å². The Morgan fingerprint density at radius 1 is 1.32 bits per heavy atom. The molecule has 0 saturated carbocycles. The van der Waals surface area contributed by atoms with Crippen LogP contribution >= 0.6 is 15.9 Å². The highest BCUT2D eigenvalue weighted by Gasteiger charge is 2.52. The van der Waals surface area contributed by atoms with Gasteiger partial charge in [0.05, 0.1) is 0 Å². The van der Waals surface area contributed by atoms with Crippen LogP contribution in [0.15, 0.2) is 10.8 Å². The van der Waals surface area contributed by atoms with Crippen LogP contribution in [0, 0.1) is 0 Å². The lowest BCUT2D eigenvalue weighted by molar-refractivity contribution is -0.166. The Morgan fingerprint density at radius 3 is 2.39 bits per heavy atom. The minimum absolute atomic E-state index is 0.0772. The van der Waals surface area contributed by atoms with Crippen LogP contribution in [0.5, 0.6) is 0 Å². The molecule has 2 aliphatic heterocycles. The fourth-order valence-corrected chi connectivity index (χ4v) is 4.92. The van der Waals surface area contributed by atoms with Crippen LogP contribution in [0.4, 0.5) is 4.79 Å². The number of hydrogen-bond donors (Lipinski definition) is 1. The van der Waals surface area contributed by atoms with E-state index in [9.17, 15) is 14.7 Å². The first-order chi connectivity index (χ1) is 13.0. The summed E-state index contributed by atoms with van der Waals surface area (Å²) in [5.41, 5.74) is -1.42. The molecule has 9 heteroatoms. The number of halogens is 1. The van der Waals surface area contributed by atoms with E-state index in [1.165, 1.54) is 0 Å². The highest BCUT2D eigenvalue weighted by atomic mass is 79.9. The number of aryl methyl sites for hydroxylation is 1. The Kier molecular flexibility index (Phi) is 5.78.